The first-order chi connectivity index (χ1) is 13.5. The summed E-state index contributed by atoms with van der Waals surface area (Å²) in [5.41, 5.74) is 2.83. The topological polar surface area (TPSA) is 33.0 Å². The fraction of sp³-hybridized carbons (Fsp3) is 0.0455. The lowest BCUT2D eigenvalue weighted by Gasteiger charge is -2.12. The highest BCUT2D eigenvalue weighted by Gasteiger charge is 2.11. The second-order valence-corrected chi connectivity index (χ2v) is 8.61. The van der Waals surface area contributed by atoms with Gasteiger partial charge in [-0.15, -0.1) is 0 Å². The van der Waals surface area contributed by atoms with Crippen LogP contribution in [0, 0.1) is 24.3 Å². The number of hydrogen-bond donors (Lipinski definition) is 0. The molecule has 0 aliphatic heterocycles. The van der Waals surface area contributed by atoms with Crippen LogP contribution in [0.25, 0.3) is 11.6 Å². The summed E-state index contributed by atoms with van der Waals surface area (Å²) in [5, 5.41) is 10.1. The molecule has 140 valence electrons. The van der Waals surface area contributed by atoms with Crippen LogP contribution in [-0.2, 0) is 6.61 Å². The van der Waals surface area contributed by atoms with Crippen molar-refractivity contribution in [3.8, 4) is 11.8 Å². The number of rotatable bonds is 5. The van der Waals surface area contributed by atoms with Gasteiger partial charge in [0.2, 0.25) is 0 Å². The van der Waals surface area contributed by atoms with Crippen molar-refractivity contribution in [2.24, 2.45) is 0 Å². The first kappa shape index (κ1) is 21.1. The molecule has 0 radical (unpaired) electrons. The van der Waals surface area contributed by atoms with E-state index in [9.17, 15) is 9.65 Å². The van der Waals surface area contributed by atoms with E-state index < -0.39 is 0 Å². The van der Waals surface area contributed by atoms with Gasteiger partial charge in [0.25, 0.3) is 0 Å². The molecule has 0 saturated carbocycles. The zero-order valence-electron chi connectivity index (χ0n) is 14.4. The van der Waals surface area contributed by atoms with Crippen molar-refractivity contribution in [2.75, 3.05) is 0 Å². The molecule has 0 aliphatic rings. The van der Waals surface area contributed by atoms with Gasteiger partial charge in [0.1, 0.15) is 18.2 Å². The Bertz CT molecular complexity index is 1070. The predicted octanol–water partition coefficient (Wildman–Crippen LogP) is 7.33. The normalized spacial score (nSPS) is 11.2. The van der Waals surface area contributed by atoms with Gasteiger partial charge in [-0.05, 0) is 92.7 Å². The molecular formula is C22H13ClFI2NO. The lowest BCUT2D eigenvalue weighted by Crippen LogP contribution is -2.00. The summed E-state index contributed by atoms with van der Waals surface area (Å²) in [6.07, 6.45) is 1.81. The highest BCUT2D eigenvalue weighted by Crippen LogP contribution is 2.32. The number of nitrogens with zero attached hydrogens (tertiary/aromatic N) is 1. The van der Waals surface area contributed by atoms with Gasteiger partial charge >= 0.3 is 0 Å². The van der Waals surface area contributed by atoms with Crippen LogP contribution in [0.4, 0.5) is 4.39 Å². The molecule has 0 saturated heterocycles. The Morgan fingerprint density at radius 2 is 1.79 bits per heavy atom. The summed E-state index contributed by atoms with van der Waals surface area (Å²) in [4.78, 5) is 0. The van der Waals surface area contributed by atoms with E-state index in [1.165, 1.54) is 12.1 Å². The molecule has 2 nitrogen and oxygen atoms in total. The zero-order valence-corrected chi connectivity index (χ0v) is 19.5. The average molecular weight is 616 g/mol. The van der Waals surface area contributed by atoms with E-state index in [-0.39, 0.29) is 12.4 Å². The fourth-order valence-electron chi connectivity index (χ4n) is 2.60. The molecule has 28 heavy (non-hydrogen) atoms. The van der Waals surface area contributed by atoms with Crippen molar-refractivity contribution in [1.82, 2.24) is 0 Å². The van der Waals surface area contributed by atoms with Crippen molar-refractivity contribution in [1.29, 1.82) is 5.26 Å². The fourth-order valence-corrected chi connectivity index (χ4v) is 4.96. The third-order valence-electron chi connectivity index (χ3n) is 3.89. The van der Waals surface area contributed by atoms with Crippen LogP contribution in [0.15, 0.2) is 60.7 Å². The predicted molar refractivity (Wildman–Crippen MR) is 128 cm³/mol. The van der Waals surface area contributed by atoms with Crippen LogP contribution in [0.3, 0.4) is 0 Å². The maximum atomic E-state index is 13.3. The summed E-state index contributed by atoms with van der Waals surface area (Å²) >= 11 is 10.6. The number of hydrogen-bond acceptors (Lipinski definition) is 2. The number of ether oxygens (including phenoxy) is 1. The van der Waals surface area contributed by atoms with Gasteiger partial charge in [-0.1, -0.05) is 41.9 Å². The Balaban J connectivity index is 1.87. The van der Waals surface area contributed by atoms with Gasteiger partial charge in [-0.2, -0.15) is 5.26 Å². The van der Waals surface area contributed by atoms with Crippen molar-refractivity contribution >= 4 is 68.4 Å². The molecule has 6 heteroatoms. The van der Waals surface area contributed by atoms with Crippen molar-refractivity contribution in [3.63, 3.8) is 0 Å². The van der Waals surface area contributed by atoms with E-state index in [4.69, 9.17) is 16.3 Å². The summed E-state index contributed by atoms with van der Waals surface area (Å²) in [7, 11) is 0. The largest absolute Gasteiger partial charge is 0.487 e. The van der Waals surface area contributed by atoms with Crippen LogP contribution in [0.5, 0.6) is 5.75 Å². The molecule has 0 aliphatic carbocycles. The summed E-state index contributed by atoms with van der Waals surface area (Å²) in [6, 6.07) is 19.7. The Morgan fingerprint density at radius 1 is 1.07 bits per heavy atom. The third-order valence-corrected chi connectivity index (χ3v) is 5.82. The molecule has 0 N–H and O–H groups in total. The monoisotopic (exact) mass is 615 g/mol. The molecule has 0 atom stereocenters. The molecule has 0 spiro atoms. The SMILES string of the molecule is N#CC(=Cc1cc(I)c(OCc2cccc(F)c2)c(I)c1)c1ccccc1Cl. The summed E-state index contributed by atoms with van der Waals surface area (Å²) < 4.78 is 21.0. The number of allylic oxidation sites excluding steroid dienone is 1. The van der Waals surface area contributed by atoms with E-state index in [1.54, 1.807) is 12.1 Å². The van der Waals surface area contributed by atoms with E-state index >= 15 is 0 Å². The zero-order chi connectivity index (χ0) is 20.1. The molecular weight excluding hydrogens is 603 g/mol. The maximum Gasteiger partial charge on any atom is 0.146 e. The molecule has 0 amide bonds. The molecule has 0 heterocycles. The minimum absolute atomic E-state index is 0.280. The number of nitriles is 1. The van der Waals surface area contributed by atoms with Crippen molar-refractivity contribution in [3.05, 3.63) is 95.3 Å². The average Bonchev–Trinajstić information content (AvgIpc) is 2.66. The highest BCUT2D eigenvalue weighted by atomic mass is 127. The number of halogens is 4. The maximum absolute atomic E-state index is 13.3. The smallest absolute Gasteiger partial charge is 0.146 e. The quantitative estimate of drug-likeness (QED) is 0.171. The lowest BCUT2D eigenvalue weighted by atomic mass is 10.0. The summed E-state index contributed by atoms with van der Waals surface area (Å²) in [5.74, 6) is 0.452. The lowest BCUT2D eigenvalue weighted by molar-refractivity contribution is 0.301. The second kappa shape index (κ2) is 9.72. The van der Waals surface area contributed by atoms with Gasteiger partial charge in [-0.25, -0.2) is 4.39 Å². The van der Waals surface area contributed by atoms with Gasteiger partial charge in [-0.3, -0.25) is 0 Å². The first-order valence-electron chi connectivity index (χ1n) is 8.21. The van der Waals surface area contributed by atoms with E-state index in [1.807, 2.05) is 42.5 Å². The molecule has 0 unspecified atom stereocenters. The molecule has 0 fully saturated rings. The van der Waals surface area contributed by atoms with Gasteiger partial charge < -0.3 is 4.74 Å². The second-order valence-electron chi connectivity index (χ2n) is 5.88. The standard InChI is InChI=1S/C22H13ClFI2NO/c23-19-7-2-1-6-18(19)16(12-27)8-15-10-20(25)22(21(26)11-15)28-13-14-4-3-5-17(24)9-14/h1-11H,13H2. The molecule has 0 aromatic heterocycles. The minimum Gasteiger partial charge on any atom is -0.487 e. The van der Waals surface area contributed by atoms with Crippen LogP contribution in [0.2, 0.25) is 5.02 Å². The summed E-state index contributed by atoms with van der Waals surface area (Å²) in [6.45, 7) is 0.280. The van der Waals surface area contributed by atoms with Crippen LogP contribution in [-0.4, -0.2) is 0 Å². The third kappa shape index (κ3) is 5.25. The Kier molecular flexibility index (Phi) is 7.32. The molecule has 3 aromatic rings. The highest BCUT2D eigenvalue weighted by molar-refractivity contribution is 14.1. The van der Waals surface area contributed by atoms with E-state index in [0.29, 0.717) is 16.2 Å². The molecule has 3 aromatic carbocycles. The van der Waals surface area contributed by atoms with E-state index in [2.05, 4.69) is 51.3 Å². The van der Waals surface area contributed by atoms with E-state index in [0.717, 1.165) is 24.0 Å². The van der Waals surface area contributed by atoms with Crippen LogP contribution < -0.4 is 4.74 Å². The Hall–Kier alpha value is -1.63. The number of benzene rings is 3. The Labute approximate surface area is 195 Å². The van der Waals surface area contributed by atoms with Gasteiger partial charge in [0, 0.05) is 10.6 Å². The van der Waals surface area contributed by atoms with Crippen molar-refractivity contribution < 1.29 is 9.13 Å². The Morgan fingerprint density at radius 3 is 2.43 bits per heavy atom. The molecule has 3 rings (SSSR count). The van der Waals surface area contributed by atoms with Gasteiger partial charge in [0.05, 0.1) is 18.8 Å². The first-order valence-corrected chi connectivity index (χ1v) is 10.7. The van der Waals surface area contributed by atoms with Crippen molar-refractivity contribution in [2.45, 2.75) is 6.61 Å². The van der Waals surface area contributed by atoms with Crippen LogP contribution >= 0.6 is 56.8 Å². The molecule has 0 bridgehead atoms. The van der Waals surface area contributed by atoms with Crippen LogP contribution in [0.1, 0.15) is 16.7 Å². The minimum atomic E-state index is -0.283. The van der Waals surface area contributed by atoms with Gasteiger partial charge in [0.15, 0.2) is 0 Å².